The Labute approximate surface area is 111 Å². The molecule has 0 radical (unpaired) electrons. The quantitative estimate of drug-likeness (QED) is 0.378. The molecule has 9 heteroatoms. The molecule has 106 valence electrons. The standard InChI is InChI=1S/C10H17N5O3S/c1-2-13-19(17,18)7-6-12-10(16)8-4-3-5-9(14-8)15-11/h3-5,13H,2,6-7,11H2,1H3,(H,12,16)(H,14,15). The van der Waals surface area contributed by atoms with Gasteiger partial charge in [-0.25, -0.2) is 24.0 Å². The van der Waals surface area contributed by atoms with Crippen molar-refractivity contribution in [3.8, 4) is 0 Å². The molecule has 0 bridgehead atoms. The summed E-state index contributed by atoms with van der Waals surface area (Å²) in [6.07, 6.45) is 0. The maximum absolute atomic E-state index is 11.7. The van der Waals surface area contributed by atoms with Crippen molar-refractivity contribution in [2.24, 2.45) is 5.84 Å². The van der Waals surface area contributed by atoms with Crippen LogP contribution in [0.25, 0.3) is 0 Å². The monoisotopic (exact) mass is 287 g/mol. The molecule has 19 heavy (non-hydrogen) atoms. The molecular weight excluding hydrogens is 270 g/mol. The van der Waals surface area contributed by atoms with Gasteiger partial charge in [0.15, 0.2) is 0 Å². The molecule has 1 aromatic heterocycles. The number of rotatable bonds is 7. The smallest absolute Gasteiger partial charge is 0.270 e. The highest BCUT2D eigenvalue weighted by Gasteiger charge is 2.11. The highest BCUT2D eigenvalue weighted by atomic mass is 32.2. The average Bonchev–Trinajstić information content (AvgIpc) is 2.38. The van der Waals surface area contributed by atoms with Crippen molar-refractivity contribution in [2.75, 3.05) is 24.3 Å². The number of hydrazine groups is 1. The molecule has 0 aromatic carbocycles. The fourth-order valence-electron chi connectivity index (χ4n) is 1.32. The first-order chi connectivity index (χ1) is 8.98. The summed E-state index contributed by atoms with van der Waals surface area (Å²) in [6, 6.07) is 4.73. The molecular formula is C10H17N5O3S. The van der Waals surface area contributed by atoms with Crippen LogP contribution in [0.1, 0.15) is 17.4 Å². The Morgan fingerprint density at radius 2 is 2.16 bits per heavy atom. The van der Waals surface area contributed by atoms with E-state index in [0.29, 0.717) is 12.4 Å². The van der Waals surface area contributed by atoms with E-state index in [2.05, 4.69) is 20.4 Å². The summed E-state index contributed by atoms with van der Waals surface area (Å²) in [6.45, 7) is 2.02. The average molecular weight is 287 g/mol. The Morgan fingerprint density at radius 1 is 1.42 bits per heavy atom. The van der Waals surface area contributed by atoms with Crippen molar-refractivity contribution >= 4 is 21.7 Å². The fraction of sp³-hybridized carbons (Fsp3) is 0.400. The van der Waals surface area contributed by atoms with Crippen LogP contribution in [0.2, 0.25) is 0 Å². The molecule has 0 saturated carbocycles. The second-order valence-electron chi connectivity index (χ2n) is 3.63. The summed E-state index contributed by atoms with van der Waals surface area (Å²) >= 11 is 0. The van der Waals surface area contributed by atoms with Crippen molar-refractivity contribution in [2.45, 2.75) is 6.92 Å². The Hall–Kier alpha value is -1.71. The predicted molar refractivity (Wildman–Crippen MR) is 71.8 cm³/mol. The lowest BCUT2D eigenvalue weighted by Crippen LogP contribution is -2.34. The van der Waals surface area contributed by atoms with Gasteiger partial charge in [0.05, 0.1) is 5.75 Å². The van der Waals surface area contributed by atoms with E-state index < -0.39 is 15.9 Å². The van der Waals surface area contributed by atoms with Crippen LogP contribution in [0.15, 0.2) is 18.2 Å². The van der Waals surface area contributed by atoms with Gasteiger partial charge < -0.3 is 10.7 Å². The Bertz CT molecular complexity index is 532. The number of aromatic nitrogens is 1. The van der Waals surface area contributed by atoms with E-state index in [0.717, 1.165) is 0 Å². The van der Waals surface area contributed by atoms with E-state index in [4.69, 9.17) is 5.84 Å². The summed E-state index contributed by atoms with van der Waals surface area (Å²) in [7, 11) is -3.34. The number of nitrogens with one attached hydrogen (secondary N) is 3. The zero-order valence-electron chi connectivity index (χ0n) is 10.5. The molecule has 0 saturated heterocycles. The van der Waals surface area contributed by atoms with Crippen LogP contribution in [0.4, 0.5) is 5.82 Å². The van der Waals surface area contributed by atoms with Gasteiger partial charge in [-0.05, 0) is 12.1 Å². The van der Waals surface area contributed by atoms with Gasteiger partial charge in [-0.1, -0.05) is 13.0 Å². The molecule has 0 aliphatic rings. The number of sulfonamides is 1. The number of hydrogen-bond acceptors (Lipinski definition) is 6. The summed E-state index contributed by atoms with van der Waals surface area (Å²) in [5.41, 5.74) is 2.49. The van der Waals surface area contributed by atoms with Crippen molar-refractivity contribution in [1.29, 1.82) is 0 Å². The number of anilines is 1. The van der Waals surface area contributed by atoms with E-state index in [9.17, 15) is 13.2 Å². The molecule has 1 rings (SSSR count). The second kappa shape index (κ2) is 7.02. The normalized spacial score (nSPS) is 11.1. The lowest BCUT2D eigenvalue weighted by atomic mass is 10.3. The zero-order valence-corrected chi connectivity index (χ0v) is 11.3. The minimum absolute atomic E-state index is 0.0100. The molecule has 5 N–H and O–H groups in total. The lowest BCUT2D eigenvalue weighted by Gasteiger charge is -2.07. The maximum Gasteiger partial charge on any atom is 0.270 e. The summed E-state index contributed by atoms with van der Waals surface area (Å²) in [5.74, 6) is 4.90. The first-order valence-corrected chi connectivity index (χ1v) is 7.33. The third-order valence-electron chi connectivity index (χ3n) is 2.15. The SMILES string of the molecule is CCNS(=O)(=O)CCNC(=O)c1cccc(NN)n1. The number of nitrogens with two attached hydrogens (primary N) is 1. The van der Waals surface area contributed by atoms with Gasteiger partial charge in [-0.15, -0.1) is 0 Å². The lowest BCUT2D eigenvalue weighted by molar-refractivity contribution is 0.0951. The Balaban J connectivity index is 2.52. The van der Waals surface area contributed by atoms with Crippen molar-refractivity contribution in [1.82, 2.24) is 15.0 Å². The van der Waals surface area contributed by atoms with Crippen LogP contribution in [0.5, 0.6) is 0 Å². The van der Waals surface area contributed by atoms with Crippen molar-refractivity contribution in [3.63, 3.8) is 0 Å². The molecule has 0 fully saturated rings. The molecule has 8 nitrogen and oxygen atoms in total. The maximum atomic E-state index is 11.7. The van der Waals surface area contributed by atoms with E-state index in [-0.39, 0.29) is 18.0 Å². The van der Waals surface area contributed by atoms with Crippen LogP contribution in [-0.4, -0.2) is 38.2 Å². The fourth-order valence-corrected chi connectivity index (χ4v) is 2.28. The Morgan fingerprint density at radius 3 is 2.79 bits per heavy atom. The van der Waals surface area contributed by atoms with E-state index >= 15 is 0 Å². The van der Waals surface area contributed by atoms with Crippen LogP contribution in [0.3, 0.4) is 0 Å². The number of nitrogens with zero attached hydrogens (tertiary/aromatic N) is 1. The van der Waals surface area contributed by atoms with Crippen molar-refractivity contribution < 1.29 is 13.2 Å². The number of amides is 1. The van der Waals surface area contributed by atoms with Gasteiger partial charge in [0, 0.05) is 13.1 Å². The van der Waals surface area contributed by atoms with Gasteiger partial charge in [0.1, 0.15) is 11.5 Å². The molecule has 1 aromatic rings. The van der Waals surface area contributed by atoms with Crippen LogP contribution in [-0.2, 0) is 10.0 Å². The molecule has 0 aliphatic carbocycles. The van der Waals surface area contributed by atoms with E-state index in [1.54, 1.807) is 19.1 Å². The minimum atomic E-state index is -3.34. The third-order valence-corrected chi connectivity index (χ3v) is 3.62. The predicted octanol–water partition coefficient (Wildman–Crippen LogP) is -0.964. The number of pyridine rings is 1. The van der Waals surface area contributed by atoms with Crippen LogP contribution in [0, 0.1) is 0 Å². The van der Waals surface area contributed by atoms with Crippen molar-refractivity contribution in [3.05, 3.63) is 23.9 Å². The molecule has 0 aliphatic heterocycles. The topological polar surface area (TPSA) is 126 Å². The first kappa shape index (κ1) is 15.3. The molecule has 1 amide bonds. The van der Waals surface area contributed by atoms with Gasteiger partial charge in [-0.3, -0.25) is 4.79 Å². The molecule has 1 heterocycles. The molecule has 0 unspecified atom stereocenters. The van der Waals surface area contributed by atoms with E-state index in [1.807, 2.05) is 0 Å². The number of carbonyl (C=O) groups is 1. The number of nitrogen functional groups attached to an aromatic ring is 1. The highest BCUT2D eigenvalue weighted by Crippen LogP contribution is 2.02. The summed E-state index contributed by atoms with van der Waals surface area (Å²) < 4.78 is 25.0. The van der Waals surface area contributed by atoms with Gasteiger partial charge in [0.2, 0.25) is 10.0 Å². The third kappa shape index (κ3) is 5.20. The second-order valence-corrected chi connectivity index (χ2v) is 5.55. The number of hydrogen-bond donors (Lipinski definition) is 4. The first-order valence-electron chi connectivity index (χ1n) is 5.67. The largest absolute Gasteiger partial charge is 0.350 e. The van der Waals surface area contributed by atoms with Crippen LogP contribution < -0.4 is 21.3 Å². The molecule has 0 spiro atoms. The molecule has 0 atom stereocenters. The van der Waals surface area contributed by atoms with E-state index in [1.165, 1.54) is 6.07 Å². The number of carbonyl (C=O) groups excluding carboxylic acids is 1. The van der Waals surface area contributed by atoms with Gasteiger partial charge in [-0.2, -0.15) is 0 Å². The highest BCUT2D eigenvalue weighted by molar-refractivity contribution is 7.89. The Kier molecular flexibility index (Phi) is 5.67. The zero-order chi connectivity index (χ0) is 14.3. The van der Waals surface area contributed by atoms with Crippen LogP contribution >= 0.6 is 0 Å². The minimum Gasteiger partial charge on any atom is -0.350 e. The summed E-state index contributed by atoms with van der Waals surface area (Å²) in [5, 5.41) is 2.48. The van der Waals surface area contributed by atoms with Gasteiger partial charge in [0.25, 0.3) is 5.91 Å². The van der Waals surface area contributed by atoms with Gasteiger partial charge >= 0.3 is 0 Å². The summed E-state index contributed by atoms with van der Waals surface area (Å²) in [4.78, 5) is 15.6.